The van der Waals surface area contributed by atoms with E-state index >= 15 is 0 Å². The Labute approximate surface area is 161 Å². The van der Waals surface area contributed by atoms with Gasteiger partial charge in [-0.2, -0.15) is 0 Å². The third kappa shape index (κ3) is 6.32. The molecular formula is C18H19FN2O6S. The molecule has 8 nitrogen and oxygen atoms in total. The van der Waals surface area contributed by atoms with Gasteiger partial charge in [-0.25, -0.2) is 17.6 Å². The molecule has 0 aromatic heterocycles. The number of hydrogen-bond donors (Lipinski definition) is 2. The number of anilines is 1. The van der Waals surface area contributed by atoms with Crippen LogP contribution in [0.4, 0.5) is 10.1 Å². The second-order valence-electron chi connectivity index (χ2n) is 5.56. The fraction of sp³-hybridized carbons (Fsp3) is 0.222. The summed E-state index contributed by atoms with van der Waals surface area (Å²) in [7, 11) is -2.40. The van der Waals surface area contributed by atoms with Crippen molar-refractivity contribution in [1.82, 2.24) is 5.32 Å². The van der Waals surface area contributed by atoms with E-state index in [9.17, 15) is 22.4 Å². The molecule has 0 saturated heterocycles. The number of benzene rings is 2. The van der Waals surface area contributed by atoms with E-state index < -0.39 is 34.3 Å². The van der Waals surface area contributed by atoms with Crippen LogP contribution in [0.25, 0.3) is 0 Å². The number of sulfonamides is 1. The summed E-state index contributed by atoms with van der Waals surface area (Å²) in [6.07, 6.45) is 0. The van der Waals surface area contributed by atoms with Crippen molar-refractivity contribution in [2.75, 3.05) is 31.6 Å². The van der Waals surface area contributed by atoms with Gasteiger partial charge in [0.15, 0.2) is 6.61 Å². The van der Waals surface area contributed by atoms with E-state index in [4.69, 9.17) is 9.47 Å². The van der Waals surface area contributed by atoms with Crippen LogP contribution in [0.15, 0.2) is 53.4 Å². The number of rotatable bonds is 9. The van der Waals surface area contributed by atoms with Crippen molar-refractivity contribution in [2.24, 2.45) is 0 Å². The first-order chi connectivity index (χ1) is 13.3. The van der Waals surface area contributed by atoms with Gasteiger partial charge in [0.05, 0.1) is 17.1 Å². The van der Waals surface area contributed by atoms with Crippen molar-refractivity contribution in [3.8, 4) is 0 Å². The minimum absolute atomic E-state index is 0.100. The van der Waals surface area contributed by atoms with Gasteiger partial charge in [0.2, 0.25) is 0 Å². The molecule has 2 rings (SSSR count). The monoisotopic (exact) mass is 410 g/mol. The largest absolute Gasteiger partial charge is 0.452 e. The molecule has 0 aliphatic heterocycles. The predicted molar refractivity (Wildman–Crippen MR) is 98.8 cm³/mol. The Kier molecular flexibility index (Phi) is 7.47. The fourth-order valence-corrected chi connectivity index (χ4v) is 3.12. The van der Waals surface area contributed by atoms with Crippen LogP contribution in [0.3, 0.4) is 0 Å². The first-order valence-electron chi connectivity index (χ1n) is 8.13. The van der Waals surface area contributed by atoms with Crippen LogP contribution < -0.4 is 10.0 Å². The lowest BCUT2D eigenvalue weighted by molar-refractivity contribution is -0.124. The van der Waals surface area contributed by atoms with E-state index in [0.29, 0.717) is 13.2 Å². The number of hydrogen-bond acceptors (Lipinski definition) is 6. The minimum Gasteiger partial charge on any atom is -0.452 e. The summed E-state index contributed by atoms with van der Waals surface area (Å²) in [6, 6.07) is 9.81. The van der Waals surface area contributed by atoms with Crippen LogP contribution in [-0.4, -0.2) is 47.2 Å². The molecule has 0 bridgehead atoms. The average Bonchev–Trinajstić information content (AvgIpc) is 2.67. The van der Waals surface area contributed by atoms with Gasteiger partial charge < -0.3 is 14.8 Å². The molecule has 0 unspecified atom stereocenters. The number of methoxy groups -OCH3 is 1. The zero-order valence-corrected chi connectivity index (χ0v) is 15.8. The van der Waals surface area contributed by atoms with Crippen molar-refractivity contribution >= 4 is 27.6 Å². The van der Waals surface area contributed by atoms with E-state index in [-0.39, 0.29) is 16.1 Å². The van der Waals surface area contributed by atoms with Gasteiger partial charge in [0.25, 0.3) is 15.9 Å². The van der Waals surface area contributed by atoms with Crippen molar-refractivity contribution in [3.63, 3.8) is 0 Å². The highest BCUT2D eigenvalue weighted by atomic mass is 32.2. The molecule has 0 spiro atoms. The summed E-state index contributed by atoms with van der Waals surface area (Å²) < 4.78 is 49.4. The van der Waals surface area contributed by atoms with Gasteiger partial charge >= 0.3 is 5.97 Å². The van der Waals surface area contributed by atoms with Gasteiger partial charge in [0.1, 0.15) is 5.82 Å². The SMILES string of the molecule is COCCNC(=O)COC(=O)c1ccc(NS(=O)(=O)c2ccc(F)cc2)cc1. The molecule has 2 aromatic carbocycles. The van der Waals surface area contributed by atoms with Crippen molar-refractivity contribution in [1.29, 1.82) is 0 Å². The molecule has 0 atom stereocenters. The first kappa shape index (κ1) is 21.3. The highest BCUT2D eigenvalue weighted by Crippen LogP contribution is 2.17. The molecule has 1 amide bonds. The number of esters is 1. The molecule has 150 valence electrons. The van der Waals surface area contributed by atoms with Crippen LogP contribution in [0.1, 0.15) is 10.4 Å². The van der Waals surface area contributed by atoms with Crippen molar-refractivity contribution < 1.29 is 31.9 Å². The Hall–Kier alpha value is -2.98. The van der Waals surface area contributed by atoms with Gasteiger partial charge in [-0.05, 0) is 48.5 Å². The standard InChI is InChI=1S/C18H19FN2O6S/c1-26-11-10-20-17(22)12-27-18(23)13-2-6-15(7-3-13)21-28(24,25)16-8-4-14(19)5-9-16/h2-9,21H,10-12H2,1H3,(H,20,22). The molecule has 0 aliphatic rings. The Morgan fingerprint density at radius 3 is 2.29 bits per heavy atom. The first-order valence-corrected chi connectivity index (χ1v) is 9.61. The van der Waals surface area contributed by atoms with Crippen LogP contribution in [0, 0.1) is 5.82 Å². The van der Waals surface area contributed by atoms with Crippen molar-refractivity contribution in [3.05, 3.63) is 59.9 Å². The smallest absolute Gasteiger partial charge is 0.338 e. The zero-order valence-electron chi connectivity index (χ0n) is 15.0. The molecular weight excluding hydrogens is 391 g/mol. The maximum Gasteiger partial charge on any atom is 0.338 e. The lowest BCUT2D eigenvalue weighted by atomic mass is 10.2. The quantitative estimate of drug-likeness (QED) is 0.479. The van der Waals surface area contributed by atoms with Gasteiger partial charge in [-0.1, -0.05) is 0 Å². The second kappa shape index (κ2) is 9.81. The van der Waals surface area contributed by atoms with Gasteiger partial charge in [0, 0.05) is 19.3 Å². The second-order valence-corrected chi connectivity index (χ2v) is 7.24. The molecule has 28 heavy (non-hydrogen) atoms. The average molecular weight is 410 g/mol. The lowest BCUT2D eigenvalue weighted by Gasteiger charge is -2.09. The molecule has 2 N–H and O–H groups in total. The molecule has 0 radical (unpaired) electrons. The van der Waals surface area contributed by atoms with E-state index in [2.05, 4.69) is 10.0 Å². The summed E-state index contributed by atoms with van der Waals surface area (Å²) in [5.74, 6) is -1.74. The van der Waals surface area contributed by atoms with E-state index in [1.165, 1.54) is 31.4 Å². The van der Waals surface area contributed by atoms with E-state index in [1.807, 2.05) is 0 Å². The molecule has 0 heterocycles. The normalized spacial score (nSPS) is 10.9. The van der Waals surface area contributed by atoms with Gasteiger partial charge in [-0.3, -0.25) is 9.52 Å². The summed E-state index contributed by atoms with van der Waals surface area (Å²) in [6.45, 7) is 0.201. The van der Waals surface area contributed by atoms with E-state index in [0.717, 1.165) is 24.3 Å². The Morgan fingerprint density at radius 2 is 1.68 bits per heavy atom. The summed E-state index contributed by atoms with van der Waals surface area (Å²) in [4.78, 5) is 23.3. The summed E-state index contributed by atoms with van der Waals surface area (Å²) in [5, 5.41) is 2.50. The number of amides is 1. The van der Waals surface area contributed by atoms with Crippen LogP contribution in [-0.2, 0) is 24.3 Å². The van der Waals surface area contributed by atoms with Crippen LogP contribution >= 0.6 is 0 Å². The Bertz CT molecular complexity index is 914. The van der Waals surface area contributed by atoms with Crippen molar-refractivity contribution in [2.45, 2.75) is 4.90 Å². The Morgan fingerprint density at radius 1 is 1.04 bits per heavy atom. The maximum absolute atomic E-state index is 12.9. The van der Waals surface area contributed by atoms with Gasteiger partial charge in [-0.15, -0.1) is 0 Å². The highest BCUT2D eigenvalue weighted by Gasteiger charge is 2.15. The molecule has 0 fully saturated rings. The van der Waals surface area contributed by atoms with E-state index in [1.54, 1.807) is 0 Å². The number of ether oxygens (including phenoxy) is 2. The summed E-state index contributed by atoms with van der Waals surface area (Å²) >= 11 is 0. The number of carbonyl (C=O) groups is 2. The van der Waals surface area contributed by atoms with Crippen LogP contribution in [0.2, 0.25) is 0 Å². The maximum atomic E-state index is 12.9. The third-order valence-electron chi connectivity index (χ3n) is 3.46. The number of halogens is 1. The molecule has 2 aromatic rings. The van der Waals surface area contributed by atoms with Crippen LogP contribution in [0.5, 0.6) is 0 Å². The molecule has 10 heteroatoms. The third-order valence-corrected chi connectivity index (χ3v) is 4.86. The highest BCUT2D eigenvalue weighted by molar-refractivity contribution is 7.92. The minimum atomic E-state index is -3.89. The predicted octanol–water partition coefficient (Wildman–Crippen LogP) is 1.55. The lowest BCUT2D eigenvalue weighted by Crippen LogP contribution is -2.31. The zero-order chi connectivity index (χ0) is 20.6. The summed E-state index contributed by atoms with van der Waals surface area (Å²) in [5.41, 5.74) is 0.354. The molecule has 0 saturated carbocycles. The number of carbonyl (C=O) groups excluding carboxylic acids is 2. The number of nitrogens with one attached hydrogen (secondary N) is 2. The topological polar surface area (TPSA) is 111 Å². The Balaban J connectivity index is 1.92. The fourth-order valence-electron chi connectivity index (χ4n) is 2.06. The molecule has 0 aliphatic carbocycles.